The van der Waals surface area contributed by atoms with Crippen LogP contribution in [0.2, 0.25) is 5.02 Å². The van der Waals surface area contributed by atoms with Gasteiger partial charge in [0.1, 0.15) is 6.54 Å². The molecule has 3 rings (SSSR count). The molecule has 1 atom stereocenters. The molecule has 26 heavy (non-hydrogen) atoms. The minimum absolute atomic E-state index is 0.0326. The van der Waals surface area contributed by atoms with Gasteiger partial charge in [0.05, 0.1) is 17.5 Å². The number of nitrogen functional groups attached to an aromatic ring is 1. The van der Waals surface area contributed by atoms with Gasteiger partial charge in [-0.15, -0.1) is 0 Å². The summed E-state index contributed by atoms with van der Waals surface area (Å²) in [6, 6.07) is 6.87. The normalized spacial score (nSPS) is 12.3. The highest BCUT2D eigenvalue weighted by Gasteiger charge is 2.16. The van der Waals surface area contributed by atoms with Gasteiger partial charge in [0.15, 0.2) is 5.82 Å². The van der Waals surface area contributed by atoms with Crippen LogP contribution in [0.4, 0.5) is 5.69 Å². The molecular weight excluding hydrogens is 358 g/mol. The summed E-state index contributed by atoms with van der Waals surface area (Å²) in [6.07, 6.45) is -0.618. The molecule has 0 saturated heterocycles. The van der Waals surface area contributed by atoms with Crippen LogP contribution >= 0.6 is 11.6 Å². The van der Waals surface area contributed by atoms with Gasteiger partial charge in [0, 0.05) is 17.0 Å². The first-order valence-corrected chi connectivity index (χ1v) is 8.31. The van der Waals surface area contributed by atoms with Crippen LogP contribution in [0.15, 0.2) is 33.6 Å². The van der Waals surface area contributed by atoms with E-state index in [0.29, 0.717) is 33.4 Å². The summed E-state index contributed by atoms with van der Waals surface area (Å²) in [6.45, 7) is 3.40. The lowest BCUT2D eigenvalue weighted by Crippen LogP contribution is -2.27. The van der Waals surface area contributed by atoms with Gasteiger partial charge >= 0.3 is 0 Å². The van der Waals surface area contributed by atoms with E-state index >= 15 is 0 Å². The molecule has 0 aliphatic heterocycles. The maximum atomic E-state index is 12.2. The average molecular weight is 376 g/mol. The fourth-order valence-corrected chi connectivity index (χ4v) is 2.63. The lowest BCUT2D eigenvalue weighted by Gasteiger charge is -2.08. The van der Waals surface area contributed by atoms with Gasteiger partial charge in [-0.05, 0) is 31.5 Å². The predicted molar refractivity (Wildman–Crippen MR) is 95.9 cm³/mol. The van der Waals surface area contributed by atoms with Gasteiger partial charge in [0.2, 0.25) is 5.89 Å². The first kappa shape index (κ1) is 18.1. The number of aliphatic hydroxyl groups is 1. The number of halogens is 1. The number of rotatable bonds is 5. The molecule has 0 spiro atoms. The number of anilines is 1. The van der Waals surface area contributed by atoms with Gasteiger partial charge in [-0.25, -0.2) is 4.68 Å². The zero-order chi connectivity index (χ0) is 18.8. The number of aryl methyl sites for hydroxylation is 1. The van der Waals surface area contributed by atoms with E-state index in [2.05, 4.69) is 15.2 Å². The molecule has 0 aliphatic carbocycles. The van der Waals surface area contributed by atoms with Gasteiger partial charge in [-0.2, -0.15) is 10.1 Å². The lowest BCUT2D eigenvalue weighted by atomic mass is 10.1. The van der Waals surface area contributed by atoms with Crippen LogP contribution in [0.25, 0.3) is 0 Å². The van der Waals surface area contributed by atoms with Crippen molar-refractivity contribution in [3.8, 4) is 0 Å². The quantitative estimate of drug-likeness (QED) is 0.697. The maximum absolute atomic E-state index is 12.2. The van der Waals surface area contributed by atoms with Crippen LogP contribution in [0.3, 0.4) is 0 Å². The molecule has 0 saturated carbocycles. The van der Waals surface area contributed by atoms with E-state index in [-0.39, 0.29) is 24.4 Å². The van der Waals surface area contributed by atoms with Gasteiger partial charge in [0.25, 0.3) is 5.56 Å². The Balaban J connectivity index is 1.74. The number of aromatic nitrogens is 4. The van der Waals surface area contributed by atoms with E-state index < -0.39 is 6.10 Å². The third kappa shape index (κ3) is 3.76. The molecule has 2 heterocycles. The number of hydrogen-bond donors (Lipinski definition) is 2. The van der Waals surface area contributed by atoms with Gasteiger partial charge in [-0.1, -0.05) is 28.9 Å². The molecule has 136 valence electrons. The molecule has 3 N–H and O–H groups in total. The molecule has 0 radical (unpaired) electrons. The Labute approximate surface area is 154 Å². The second kappa shape index (κ2) is 7.27. The summed E-state index contributed by atoms with van der Waals surface area (Å²) in [4.78, 5) is 16.4. The Morgan fingerprint density at radius 3 is 2.69 bits per heavy atom. The topological polar surface area (TPSA) is 120 Å². The summed E-state index contributed by atoms with van der Waals surface area (Å²) in [7, 11) is 0. The first-order valence-electron chi connectivity index (χ1n) is 7.94. The zero-order valence-corrected chi connectivity index (χ0v) is 15.1. The Kier molecular flexibility index (Phi) is 5.06. The Morgan fingerprint density at radius 1 is 1.31 bits per heavy atom. The molecule has 9 heteroatoms. The molecule has 2 aromatic heterocycles. The van der Waals surface area contributed by atoms with E-state index in [9.17, 15) is 9.90 Å². The van der Waals surface area contributed by atoms with Crippen molar-refractivity contribution in [1.82, 2.24) is 19.9 Å². The van der Waals surface area contributed by atoms with Gasteiger partial charge < -0.3 is 15.4 Å². The highest BCUT2D eigenvalue weighted by molar-refractivity contribution is 6.30. The largest absolute Gasteiger partial charge is 0.397 e. The summed E-state index contributed by atoms with van der Waals surface area (Å²) < 4.78 is 6.40. The minimum atomic E-state index is -0.792. The fourth-order valence-electron chi connectivity index (χ4n) is 2.51. The molecule has 8 nitrogen and oxygen atoms in total. The molecular formula is C17H18ClN5O3. The Morgan fingerprint density at radius 2 is 2.00 bits per heavy atom. The summed E-state index contributed by atoms with van der Waals surface area (Å²) in [5, 5.41) is 18.8. The maximum Gasteiger partial charge on any atom is 0.272 e. The second-order valence-electron chi connectivity index (χ2n) is 5.96. The van der Waals surface area contributed by atoms with E-state index in [1.807, 2.05) is 0 Å². The van der Waals surface area contributed by atoms with Crippen molar-refractivity contribution >= 4 is 17.3 Å². The van der Waals surface area contributed by atoms with E-state index in [1.54, 1.807) is 38.1 Å². The van der Waals surface area contributed by atoms with Crippen molar-refractivity contribution in [3.05, 3.63) is 68.2 Å². The molecule has 0 unspecified atom stereocenters. The standard InChI is InChI=1S/C17H18ClN5O3/c1-9-16(19)10(2)21-23(17(9)25)8-15-20-14(22-26-15)7-13(24)11-3-5-12(18)6-4-11/h3-6,13,24H,7-8,19H2,1-2H3/t13-/m0/s1. The smallest absolute Gasteiger partial charge is 0.272 e. The van der Waals surface area contributed by atoms with Crippen molar-refractivity contribution in [2.75, 3.05) is 5.73 Å². The van der Waals surface area contributed by atoms with Crippen LogP contribution in [0.1, 0.15) is 34.6 Å². The number of nitrogens with zero attached hydrogens (tertiary/aromatic N) is 4. The highest BCUT2D eigenvalue weighted by Crippen LogP contribution is 2.19. The van der Waals surface area contributed by atoms with E-state index in [0.717, 1.165) is 0 Å². The number of nitrogens with two attached hydrogens (primary N) is 1. The Bertz CT molecular complexity index is 981. The van der Waals surface area contributed by atoms with Crippen molar-refractivity contribution in [3.63, 3.8) is 0 Å². The van der Waals surface area contributed by atoms with Crippen molar-refractivity contribution in [1.29, 1.82) is 0 Å². The van der Waals surface area contributed by atoms with Crippen molar-refractivity contribution in [2.45, 2.75) is 32.9 Å². The van der Waals surface area contributed by atoms with Crippen LogP contribution in [-0.4, -0.2) is 25.0 Å². The monoisotopic (exact) mass is 375 g/mol. The zero-order valence-electron chi connectivity index (χ0n) is 14.3. The first-order chi connectivity index (χ1) is 12.3. The molecule has 0 amide bonds. The third-order valence-electron chi connectivity index (χ3n) is 4.05. The van der Waals surface area contributed by atoms with Gasteiger partial charge in [-0.3, -0.25) is 4.79 Å². The minimum Gasteiger partial charge on any atom is -0.397 e. The van der Waals surface area contributed by atoms with Crippen LogP contribution < -0.4 is 11.3 Å². The van der Waals surface area contributed by atoms with Crippen LogP contribution in [-0.2, 0) is 13.0 Å². The SMILES string of the molecule is Cc1nn(Cc2nc(C[C@H](O)c3ccc(Cl)cc3)no2)c(=O)c(C)c1N. The Hall–Kier alpha value is -2.71. The molecule has 0 bridgehead atoms. The molecule has 0 fully saturated rings. The molecule has 1 aromatic carbocycles. The number of benzene rings is 1. The van der Waals surface area contributed by atoms with Crippen LogP contribution in [0.5, 0.6) is 0 Å². The second-order valence-corrected chi connectivity index (χ2v) is 6.40. The third-order valence-corrected chi connectivity index (χ3v) is 4.30. The van der Waals surface area contributed by atoms with E-state index in [4.69, 9.17) is 21.9 Å². The van der Waals surface area contributed by atoms with E-state index in [1.165, 1.54) is 4.68 Å². The number of aliphatic hydroxyl groups excluding tert-OH is 1. The van der Waals surface area contributed by atoms with Crippen molar-refractivity contribution < 1.29 is 9.63 Å². The molecule has 3 aromatic rings. The summed E-state index contributed by atoms with van der Waals surface area (Å²) in [5.41, 5.74) is 7.55. The fraction of sp³-hybridized carbons (Fsp3) is 0.294. The van der Waals surface area contributed by atoms with Crippen LogP contribution in [0, 0.1) is 13.8 Å². The highest BCUT2D eigenvalue weighted by atomic mass is 35.5. The van der Waals surface area contributed by atoms with Crippen molar-refractivity contribution in [2.24, 2.45) is 0 Å². The molecule has 0 aliphatic rings. The predicted octanol–water partition coefficient (Wildman–Crippen LogP) is 1.80. The summed E-state index contributed by atoms with van der Waals surface area (Å²) >= 11 is 5.84. The average Bonchev–Trinajstić information content (AvgIpc) is 3.05. The number of hydrogen-bond acceptors (Lipinski definition) is 7. The lowest BCUT2D eigenvalue weighted by molar-refractivity contribution is 0.174. The summed E-state index contributed by atoms with van der Waals surface area (Å²) in [5.74, 6) is 0.556.